The van der Waals surface area contributed by atoms with Crippen molar-refractivity contribution in [2.24, 2.45) is 22.7 Å². The Labute approximate surface area is 181 Å². The van der Waals surface area contributed by atoms with Gasteiger partial charge in [0.15, 0.2) is 0 Å². The molecule has 4 unspecified atom stereocenters. The minimum absolute atomic E-state index is 0.201. The van der Waals surface area contributed by atoms with Gasteiger partial charge in [0.25, 0.3) is 0 Å². The SMILES string of the molecule is CC(C)(C)C1CCN(C(C)(C)CCC(C)(C)N2CC3CC2CC3C(C)(C)C)CO1. The minimum atomic E-state index is 0.201. The zero-order chi connectivity index (χ0) is 21.8. The van der Waals surface area contributed by atoms with Gasteiger partial charge in [-0.05, 0) is 82.5 Å². The summed E-state index contributed by atoms with van der Waals surface area (Å²) in [5, 5.41) is 0. The van der Waals surface area contributed by atoms with Gasteiger partial charge in [0.1, 0.15) is 0 Å². The number of ether oxygens (including phenoxy) is 1. The first-order valence-electron chi connectivity index (χ1n) is 12.2. The molecule has 0 N–H and O–H groups in total. The van der Waals surface area contributed by atoms with Gasteiger partial charge in [-0.1, -0.05) is 41.5 Å². The minimum Gasteiger partial charge on any atom is -0.362 e. The van der Waals surface area contributed by atoms with Crippen molar-refractivity contribution < 1.29 is 4.74 Å². The van der Waals surface area contributed by atoms with Crippen LogP contribution in [0.2, 0.25) is 0 Å². The smallest absolute Gasteiger partial charge is 0.0998 e. The van der Waals surface area contributed by atoms with Gasteiger partial charge in [-0.2, -0.15) is 0 Å². The summed E-state index contributed by atoms with van der Waals surface area (Å²) in [4.78, 5) is 5.45. The lowest BCUT2D eigenvalue weighted by molar-refractivity contribution is -0.139. The van der Waals surface area contributed by atoms with Gasteiger partial charge in [0, 0.05) is 30.2 Å². The van der Waals surface area contributed by atoms with Crippen LogP contribution in [-0.4, -0.2) is 52.8 Å². The molecule has 0 aromatic heterocycles. The van der Waals surface area contributed by atoms with Crippen LogP contribution in [0.1, 0.15) is 101 Å². The highest BCUT2D eigenvalue weighted by Gasteiger charge is 2.52. The number of piperidine rings is 1. The highest BCUT2D eigenvalue weighted by molar-refractivity contribution is 5.05. The molecule has 170 valence electrons. The van der Waals surface area contributed by atoms with Gasteiger partial charge in [0.05, 0.1) is 12.8 Å². The predicted octanol–water partition coefficient (Wildman–Crippen LogP) is 6.17. The Bertz CT molecular complexity index is 560. The Morgan fingerprint density at radius 3 is 1.86 bits per heavy atom. The van der Waals surface area contributed by atoms with Crippen LogP contribution in [0.3, 0.4) is 0 Å². The first-order valence-corrected chi connectivity index (χ1v) is 12.2. The Hall–Kier alpha value is -0.120. The molecule has 3 heteroatoms. The summed E-state index contributed by atoms with van der Waals surface area (Å²) >= 11 is 0. The Morgan fingerprint density at radius 2 is 1.41 bits per heavy atom. The van der Waals surface area contributed by atoms with E-state index in [0.29, 0.717) is 17.1 Å². The van der Waals surface area contributed by atoms with Crippen molar-refractivity contribution in [3.8, 4) is 0 Å². The van der Waals surface area contributed by atoms with Crippen molar-refractivity contribution in [2.75, 3.05) is 19.8 Å². The standard InChI is InChI=1S/C26H50N2O/c1-23(2,3)21-16-20-15-19(21)17-28(20)26(9,10)13-12-25(7,8)27-14-11-22(29-18-27)24(4,5)6/h19-22H,11-18H2,1-10H3. The summed E-state index contributed by atoms with van der Waals surface area (Å²) in [5.41, 5.74) is 1.21. The molecule has 1 saturated carbocycles. The summed E-state index contributed by atoms with van der Waals surface area (Å²) in [6.45, 7) is 27.4. The van der Waals surface area contributed by atoms with Crippen LogP contribution in [0.25, 0.3) is 0 Å². The van der Waals surface area contributed by atoms with Crippen LogP contribution in [0.5, 0.6) is 0 Å². The molecule has 0 spiro atoms. The van der Waals surface area contributed by atoms with E-state index in [1.54, 1.807) is 0 Å². The number of nitrogens with zero attached hydrogens (tertiary/aromatic N) is 2. The van der Waals surface area contributed by atoms with Gasteiger partial charge in [-0.15, -0.1) is 0 Å². The average Bonchev–Trinajstić information content (AvgIpc) is 3.20. The van der Waals surface area contributed by atoms with Crippen molar-refractivity contribution in [3.63, 3.8) is 0 Å². The molecule has 1 aliphatic carbocycles. The molecule has 2 saturated heterocycles. The summed E-state index contributed by atoms with van der Waals surface area (Å²) in [5.74, 6) is 1.83. The molecule has 3 rings (SSSR count). The maximum atomic E-state index is 6.27. The largest absolute Gasteiger partial charge is 0.362 e. The van der Waals surface area contributed by atoms with Crippen LogP contribution >= 0.6 is 0 Å². The lowest BCUT2D eigenvalue weighted by Crippen LogP contribution is -2.54. The second-order valence-corrected chi connectivity index (χ2v) is 13.8. The van der Waals surface area contributed by atoms with Gasteiger partial charge in [-0.25, -0.2) is 0 Å². The van der Waals surface area contributed by atoms with Crippen LogP contribution in [-0.2, 0) is 4.74 Å². The third-order valence-corrected chi connectivity index (χ3v) is 8.70. The first kappa shape index (κ1) is 23.5. The van der Waals surface area contributed by atoms with Crippen molar-refractivity contribution in [1.29, 1.82) is 0 Å². The number of rotatable bonds is 5. The van der Waals surface area contributed by atoms with Crippen LogP contribution in [0, 0.1) is 22.7 Å². The van der Waals surface area contributed by atoms with E-state index in [-0.39, 0.29) is 11.0 Å². The number of hydrogen-bond acceptors (Lipinski definition) is 3. The van der Waals surface area contributed by atoms with Crippen molar-refractivity contribution in [2.45, 2.75) is 125 Å². The fourth-order valence-corrected chi connectivity index (χ4v) is 6.43. The third-order valence-electron chi connectivity index (χ3n) is 8.70. The molecular formula is C26H50N2O. The fraction of sp³-hybridized carbons (Fsp3) is 1.00. The molecule has 2 aliphatic heterocycles. The normalized spacial score (nSPS) is 32.9. The zero-order valence-corrected chi connectivity index (χ0v) is 21.3. The Balaban J connectivity index is 1.53. The summed E-state index contributed by atoms with van der Waals surface area (Å²) < 4.78 is 6.27. The molecule has 3 nitrogen and oxygen atoms in total. The highest BCUT2D eigenvalue weighted by Crippen LogP contribution is 2.52. The lowest BCUT2D eigenvalue weighted by Gasteiger charge is -2.49. The van der Waals surface area contributed by atoms with Gasteiger partial charge in [-0.3, -0.25) is 9.80 Å². The zero-order valence-electron chi connectivity index (χ0n) is 21.3. The first-order chi connectivity index (χ1) is 13.1. The predicted molar refractivity (Wildman–Crippen MR) is 124 cm³/mol. The van der Waals surface area contributed by atoms with E-state index in [9.17, 15) is 0 Å². The van der Waals surface area contributed by atoms with Crippen LogP contribution in [0.4, 0.5) is 0 Å². The maximum Gasteiger partial charge on any atom is 0.0998 e. The second-order valence-electron chi connectivity index (χ2n) is 13.8. The molecule has 4 atom stereocenters. The van der Waals surface area contributed by atoms with Crippen molar-refractivity contribution >= 4 is 0 Å². The van der Waals surface area contributed by atoms with Crippen molar-refractivity contribution in [1.82, 2.24) is 9.80 Å². The van der Waals surface area contributed by atoms with Crippen molar-refractivity contribution in [3.05, 3.63) is 0 Å². The van der Waals surface area contributed by atoms with Crippen LogP contribution < -0.4 is 0 Å². The highest BCUT2D eigenvalue weighted by atomic mass is 16.5. The fourth-order valence-electron chi connectivity index (χ4n) is 6.43. The molecular weight excluding hydrogens is 356 g/mol. The average molecular weight is 407 g/mol. The molecule has 3 aliphatic rings. The van der Waals surface area contributed by atoms with E-state index in [1.807, 2.05) is 0 Å². The molecule has 0 amide bonds. The molecule has 0 aromatic rings. The number of likely N-dealkylation sites (tertiary alicyclic amines) is 1. The van der Waals surface area contributed by atoms with E-state index >= 15 is 0 Å². The topological polar surface area (TPSA) is 15.7 Å². The van der Waals surface area contributed by atoms with Gasteiger partial charge >= 0.3 is 0 Å². The Morgan fingerprint density at radius 1 is 0.793 bits per heavy atom. The lowest BCUT2D eigenvalue weighted by atomic mass is 9.73. The van der Waals surface area contributed by atoms with E-state index in [0.717, 1.165) is 37.6 Å². The van der Waals surface area contributed by atoms with Crippen LogP contribution in [0.15, 0.2) is 0 Å². The quantitative estimate of drug-likeness (QED) is 0.542. The monoisotopic (exact) mass is 406 g/mol. The molecule has 2 bridgehead atoms. The summed E-state index contributed by atoms with van der Waals surface area (Å²) in [6.07, 6.45) is 6.89. The van der Waals surface area contributed by atoms with E-state index in [2.05, 4.69) is 79.0 Å². The van der Waals surface area contributed by atoms with Gasteiger partial charge < -0.3 is 4.74 Å². The molecule has 29 heavy (non-hydrogen) atoms. The molecule has 3 fully saturated rings. The molecule has 0 radical (unpaired) electrons. The van der Waals surface area contributed by atoms with E-state index in [4.69, 9.17) is 4.74 Å². The van der Waals surface area contributed by atoms with E-state index in [1.165, 1.54) is 32.2 Å². The summed E-state index contributed by atoms with van der Waals surface area (Å²) in [6, 6.07) is 0.813. The molecule has 2 heterocycles. The third kappa shape index (κ3) is 5.04. The number of hydrogen-bond donors (Lipinski definition) is 0. The number of fused-ring (bicyclic) bond motifs is 2. The molecule has 0 aromatic carbocycles. The Kier molecular flexibility index (Phi) is 6.32. The van der Waals surface area contributed by atoms with E-state index < -0.39 is 0 Å². The summed E-state index contributed by atoms with van der Waals surface area (Å²) in [7, 11) is 0. The van der Waals surface area contributed by atoms with Gasteiger partial charge in [0.2, 0.25) is 0 Å². The maximum absolute atomic E-state index is 6.27. The second kappa shape index (κ2) is 7.78.